The summed E-state index contributed by atoms with van der Waals surface area (Å²) in [5, 5.41) is 32.9. The highest BCUT2D eigenvalue weighted by Gasteiger charge is 2.52. The van der Waals surface area contributed by atoms with Crippen molar-refractivity contribution in [3.8, 4) is 29.0 Å². The van der Waals surface area contributed by atoms with Crippen molar-refractivity contribution in [2.75, 3.05) is 27.7 Å². The quantitative estimate of drug-likeness (QED) is 0.0877. The SMILES string of the molecule is C.CC1(C)OB(c2cc(Cl)c(Oc3cc(C4CC4)c(Cl)nn3)c(Cl)c2)OC1(C)C.CN1N=C(Br)C(=O)CC1=O.CN1N=C(c2cc(Cl)c(OC3=NCC(=O)C(C4CC4)=C3)c(Cl)c2)C(=O)CC1=O.CN1N=C(c2cc(Cl)c(Oc3cc(C4CC4)c(Cl)nn3)c(Cl)c2)C(=O)CC1=O. The standard InChI is InChI=1S/C19H20BCl3N2O3.C19H15Cl2N3O4.C18H13Cl3N4O3.C5H5BrN2O2.CH4/c1-18(2)19(3,4)28-20(27-18)11-7-13(21)16(14(22)8-11)26-15-9-12(10-5-6-10)17(23)25-24-15;1-24-17(27)7-14(25)18(23-24)10-4-12(20)19(13(21)5-10)28-16-6-11(9-2-3-9)15(26)8-22-16;1-25-15(27)7-13(26)16(24-25)9-4-11(19)17(12(20)5-9)28-14-6-10(8-2-3-8)18(21)23-22-14;1-8-4(10)2-3(9)5(6)7-8;/h7-10H,5-6H2,1-4H3;4-6,9H,2-3,7-8H2,1H3;4-6,8H,2-3,7H2,1H3;2H2,1H3;1H4. The van der Waals surface area contributed by atoms with Crippen LogP contribution in [0.25, 0.3) is 0 Å². The van der Waals surface area contributed by atoms with E-state index in [2.05, 4.69) is 56.6 Å². The number of halogens is 9. The summed E-state index contributed by atoms with van der Waals surface area (Å²) in [6.07, 6.45) is 7.31. The Kier molecular flexibility index (Phi) is 22.8. The lowest BCUT2D eigenvalue weighted by Gasteiger charge is -2.32. The molecule has 3 aromatic carbocycles. The molecule has 5 aromatic rings. The summed E-state index contributed by atoms with van der Waals surface area (Å²) in [6, 6.07) is 13.0. The molecule has 13 rings (SSSR count). The Morgan fingerprint density at radius 2 is 0.863 bits per heavy atom. The van der Waals surface area contributed by atoms with E-state index < -0.39 is 29.9 Å². The number of hydrogen-bond donors (Lipinski definition) is 0. The predicted octanol–water partition coefficient (Wildman–Crippen LogP) is 13.2. The number of aliphatic imine (C=N–C) groups is 1. The lowest BCUT2D eigenvalue weighted by molar-refractivity contribution is -0.135. The minimum Gasteiger partial charge on any atom is -0.436 e. The van der Waals surface area contributed by atoms with E-state index in [0.717, 1.165) is 75.7 Å². The van der Waals surface area contributed by atoms with E-state index in [1.54, 1.807) is 30.3 Å². The predicted molar refractivity (Wildman–Crippen MR) is 365 cm³/mol. The van der Waals surface area contributed by atoms with Gasteiger partial charge >= 0.3 is 7.12 Å². The van der Waals surface area contributed by atoms with Crippen LogP contribution in [0.15, 0.2) is 80.5 Å². The molecule has 1 saturated heterocycles. The second kappa shape index (κ2) is 29.7. The summed E-state index contributed by atoms with van der Waals surface area (Å²) in [6.45, 7) is 8.00. The summed E-state index contributed by atoms with van der Waals surface area (Å²) < 4.78 is 29.7. The monoisotopic (exact) mass is 1520 g/mol. The summed E-state index contributed by atoms with van der Waals surface area (Å²) in [7, 11) is 3.90. The molecule has 0 N–H and O–H groups in total. The third-order valence-electron chi connectivity index (χ3n) is 15.8. The van der Waals surface area contributed by atoms with Gasteiger partial charge in [-0.1, -0.05) is 100 Å². The van der Waals surface area contributed by atoms with E-state index in [1.165, 1.54) is 45.4 Å². The largest absolute Gasteiger partial charge is 0.494 e. The Morgan fingerprint density at radius 3 is 1.25 bits per heavy atom. The molecule has 8 aliphatic rings. The maximum atomic E-state index is 12.2. The van der Waals surface area contributed by atoms with E-state index in [9.17, 15) is 33.6 Å². The fourth-order valence-electron chi connectivity index (χ4n) is 9.40. The number of amides is 3. The lowest BCUT2D eigenvalue weighted by atomic mass is 9.79. The van der Waals surface area contributed by atoms with Gasteiger partial charge in [-0.25, -0.2) is 20.0 Å². The van der Waals surface area contributed by atoms with Crippen LogP contribution in [0.3, 0.4) is 0 Å². The highest BCUT2D eigenvalue weighted by atomic mass is 79.9. The normalized spacial score (nSPS) is 19.0. The molecule has 0 bridgehead atoms. The maximum absolute atomic E-state index is 12.2. The molecule has 3 aliphatic carbocycles. The first-order chi connectivity index (χ1) is 44.3. The van der Waals surface area contributed by atoms with Crippen molar-refractivity contribution in [2.24, 2.45) is 26.2 Å². The van der Waals surface area contributed by atoms with Crippen LogP contribution in [0.5, 0.6) is 29.0 Å². The Balaban J connectivity index is 0.000000155. The van der Waals surface area contributed by atoms with Gasteiger partial charge < -0.3 is 23.5 Å². The van der Waals surface area contributed by atoms with Gasteiger partial charge in [0, 0.05) is 56.1 Å². The Bertz CT molecular complexity index is 4120. The second-order valence-corrected chi connectivity index (χ2v) is 27.4. The van der Waals surface area contributed by atoms with Crippen molar-refractivity contribution in [1.29, 1.82) is 0 Å². The molecule has 7 heterocycles. The van der Waals surface area contributed by atoms with E-state index in [4.69, 9.17) is 116 Å². The van der Waals surface area contributed by atoms with E-state index >= 15 is 0 Å². The molecule has 5 aliphatic heterocycles. The Labute approximate surface area is 594 Å². The number of nitrogens with zero attached hydrogens (tertiary/aromatic N) is 11. The Morgan fingerprint density at radius 1 is 0.495 bits per heavy atom. The van der Waals surface area contributed by atoms with Gasteiger partial charge in [0.05, 0.1) is 60.6 Å². The third kappa shape index (κ3) is 17.3. The molecular formula is C62H57BBrCl8N11O12. The van der Waals surface area contributed by atoms with E-state index in [1.807, 2.05) is 27.7 Å². The number of dihydropyridines is 1. The number of carbonyl (C=O) groups excluding carboxylic acids is 7. The molecule has 0 spiro atoms. The van der Waals surface area contributed by atoms with E-state index in [-0.39, 0.29) is 128 Å². The van der Waals surface area contributed by atoms with Crippen molar-refractivity contribution in [3.05, 3.63) is 123 Å². The molecule has 3 amide bonds. The highest BCUT2D eigenvalue weighted by Crippen LogP contribution is 2.47. The Hall–Kier alpha value is -6.49. The van der Waals surface area contributed by atoms with Crippen LogP contribution in [0.4, 0.5) is 0 Å². The molecule has 498 valence electrons. The summed E-state index contributed by atoms with van der Waals surface area (Å²) >= 11 is 53.4. The van der Waals surface area contributed by atoms with Crippen LogP contribution in [0.2, 0.25) is 40.4 Å². The summed E-state index contributed by atoms with van der Waals surface area (Å²) in [5.41, 5.74) is 3.36. The van der Waals surface area contributed by atoms with Crippen LogP contribution in [0, 0.1) is 5.92 Å². The van der Waals surface area contributed by atoms with Crippen LogP contribution in [-0.4, -0.2) is 144 Å². The molecule has 33 heteroatoms. The van der Waals surface area contributed by atoms with Crippen LogP contribution in [-0.2, 0) is 42.9 Å². The van der Waals surface area contributed by atoms with Gasteiger partial charge in [-0.3, -0.25) is 33.6 Å². The minimum absolute atomic E-state index is 0. The summed E-state index contributed by atoms with van der Waals surface area (Å²) in [4.78, 5) is 85.0. The third-order valence-corrected chi connectivity index (χ3v) is 18.6. The molecule has 3 saturated carbocycles. The topological polar surface area (TPSA) is 276 Å². The van der Waals surface area contributed by atoms with Gasteiger partial charge in [0.25, 0.3) is 0 Å². The number of carbonyl (C=O) groups is 7. The molecule has 4 fully saturated rings. The first kappa shape index (κ1) is 72.8. The van der Waals surface area contributed by atoms with Gasteiger partial charge in [0.1, 0.15) is 18.0 Å². The molecule has 0 unspecified atom stereocenters. The molecule has 0 radical (unpaired) electrons. The van der Waals surface area contributed by atoms with Crippen molar-refractivity contribution in [3.63, 3.8) is 0 Å². The van der Waals surface area contributed by atoms with Crippen LogP contribution in [0.1, 0.15) is 127 Å². The van der Waals surface area contributed by atoms with Crippen molar-refractivity contribution in [2.45, 2.75) is 116 Å². The number of aromatic nitrogens is 4. The number of ketones is 4. The van der Waals surface area contributed by atoms with E-state index in [0.29, 0.717) is 54.9 Å². The van der Waals surface area contributed by atoms with Crippen LogP contribution < -0.4 is 19.7 Å². The average molecular weight is 1520 g/mol. The van der Waals surface area contributed by atoms with Gasteiger partial charge in [-0.15, -0.1) is 20.4 Å². The zero-order valence-electron chi connectivity index (χ0n) is 50.8. The zero-order valence-corrected chi connectivity index (χ0v) is 58.4. The second-order valence-electron chi connectivity index (χ2n) is 23.4. The molecule has 95 heavy (non-hydrogen) atoms. The molecule has 23 nitrogen and oxygen atoms in total. The first-order valence-corrected chi connectivity index (χ1v) is 32.7. The number of ether oxygens (including phenoxy) is 3. The smallest absolute Gasteiger partial charge is 0.436 e. The number of hydrazone groups is 3. The maximum Gasteiger partial charge on any atom is 0.494 e. The fourth-order valence-corrected chi connectivity index (χ4v) is 12.0. The van der Waals surface area contributed by atoms with Gasteiger partial charge in [0.15, 0.2) is 55.3 Å². The van der Waals surface area contributed by atoms with Crippen LogP contribution >= 0.6 is 109 Å². The molecule has 0 atom stereocenters. The molecular weight excluding hydrogens is 1470 g/mol. The van der Waals surface area contributed by atoms with Gasteiger partial charge in [-0.05, 0) is 153 Å². The number of benzene rings is 3. The van der Waals surface area contributed by atoms with Gasteiger partial charge in [0.2, 0.25) is 35.4 Å². The zero-order chi connectivity index (χ0) is 68.0. The number of Topliss-reactive ketones (excluding diaryl/α,β-unsaturated/α-hetero) is 4. The average Bonchev–Trinajstić information content (AvgIpc) is 1.74. The van der Waals surface area contributed by atoms with Crippen molar-refractivity contribution >= 4 is 184 Å². The number of hydrogen-bond acceptors (Lipinski definition) is 20. The van der Waals surface area contributed by atoms with Gasteiger partial charge in [-0.2, -0.15) is 15.3 Å². The highest BCUT2D eigenvalue weighted by molar-refractivity contribution is 9.19. The minimum atomic E-state index is -0.564. The van der Waals surface area contributed by atoms with Crippen molar-refractivity contribution in [1.82, 2.24) is 35.4 Å². The lowest BCUT2D eigenvalue weighted by Crippen LogP contribution is -2.41. The van der Waals surface area contributed by atoms with Crippen molar-refractivity contribution < 1.29 is 57.1 Å². The summed E-state index contributed by atoms with van der Waals surface area (Å²) in [5.74, 6) is 0.449. The fraction of sp³-hybridized carbons (Fsp3) is 0.371. The first-order valence-electron chi connectivity index (χ1n) is 28.9. The number of rotatable bonds is 11. The molecule has 2 aromatic heterocycles.